The van der Waals surface area contributed by atoms with Gasteiger partial charge in [0.2, 0.25) is 0 Å². The summed E-state index contributed by atoms with van der Waals surface area (Å²) in [6.45, 7) is 1.84. The number of hydrogen-bond donors (Lipinski definition) is 1. The number of rotatable bonds is 4. The van der Waals surface area contributed by atoms with Crippen LogP contribution in [0.3, 0.4) is 0 Å². The van der Waals surface area contributed by atoms with E-state index in [1.165, 1.54) is 6.07 Å². The summed E-state index contributed by atoms with van der Waals surface area (Å²) in [6.07, 6.45) is 0.0434. The van der Waals surface area contributed by atoms with E-state index in [1.807, 2.05) is 19.1 Å². The Balaban J connectivity index is 2.17. The zero-order valence-electron chi connectivity index (χ0n) is 11.1. The molecule has 0 bridgehead atoms. The Labute approximate surface area is 116 Å². The zero-order valence-corrected chi connectivity index (χ0v) is 11.1. The molecular formula is C16H15F2NO. The van der Waals surface area contributed by atoms with Crippen LogP contribution in [-0.2, 0) is 0 Å². The van der Waals surface area contributed by atoms with Crippen LogP contribution < -0.4 is 5.73 Å². The van der Waals surface area contributed by atoms with Gasteiger partial charge in [0.15, 0.2) is 5.78 Å². The Morgan fingerprint density at radius 1 is 1.10 bits per heavy atom. The van der Waals surface area contributed by atoms with Gasteiger partial charge in [-0.25, -0.2) is 8.78 Å². The van der Waals surface area contributed by atoms with Crippen molar-refractivity contribution >= 4 is 11.5 Å². The molecule has 1 atom stereocenters. The number of benzene rings is 2. The van der Waals surface area contributed by atoms with Crippen molar-refractivity contribution in [2.24, 2.45) is 0 Å². The van der Waals surface area contributed by atoms with Crippen molar-refractivity contribution in [3.63, 3.8) is 0 Å². The van der Waals surface area contributed by atoms with Crippen LogP contribution in [0.2, 0.25) is 0 Å². The van der Waals surface area contributed by atoms with Gasteiger partial charge in [-0.15, -0.1) is 0 Å². The Kier molecular flexibility index (Phi) is 4.13. The number of anilines is 1. The van der Waals surface area contributed by atoms with Gasteiger partial charge >= 0.3 is 0 Å². The minimum atomic E-state index is -0.820. The molecule has 0 spiro atoms. The Morgan fingerprint density at radius 2 is 1.65 bits per heavy atom. The molecule has 20 heavy (non-hydrogen) atoms. The van der Waals surface area contributed by atoms with Crippen LogP contribution in [0.4, 0.5) is 14.5 Å². The highest BCUT2D eigenvalue weighted by atomic mass is 19.1. The molecule has 0 fully saturated rings. The van der Waals surface area contributed by atoms with Crippen LogP contribution in [0.1, 0.15) is 35.2 Å². The van der Waals surface area contributed by atoms with Gasteiger partial charge in [0.05, 0.1) is 5.56 Å². The number of nitrogens with two attached hydrogens (primary N) is 1. The maximum atomic E-state index is 13.5. The second-order valence-corrected chi connectivity index (χ2v) is 4.79. The maximum Gasteiger partial charge on any atom is 0.169 e. The molecule has 4 heteroatoms. The van der Waals surface area contributed by atoms with Crippen LogP contribution in [0, 0.1) is 11.6 Å². The number of Topliss-reactive ketones (excluding diaryl/α,β-unsaturated/α-hetero) is 1. The molecule has 2 rings (SSSR count). The van der Waals surface area contributed by atoms with Crippen LogP contribution in [-0.4, -0.2) is 5.78 Å². The SMILES string of the molecule is CC(CC(=O)c1c(F)cccc1F)c1ccc(N)cc1. The fourth-order valence-corrected chi connectivity index (χ4v) is 2.09. The summed E-state index contributed by atoms with van der Waals surface area (Å²) < 4.78 is 27.1. The summed E-state index contributed by atoms with van der Waals surface area (Å²) >= 11 is 0. The number of halogens is 2. The first kappa shape index (κ1) is 14.2. The zero-order chi connectivity index (χ0) is 14.7. The lowest BCUT2D eigenvalue weighted by Gasteiger charge is -2.12. The minimum absolute atomic E-state index is 0.0434. The second-order valence-electron chi connectivity index (χ2n) is 4.79. The Morgan fingerprint density at radius 3 is 2.20 bits per heavy atom. The van der Waals surface area contributed by atoms with Crippen molar-refractivity contribution in [1.29, 1.82) is 0 Å². The average molecular weight is 275 g/mol. The van der Waals surface area contributed by atoms with E-state index in [4.69, 9.17) is 5.73 Å². The normalized spacial score (nSPS) is 12.2. The molecule has 0 aliphatic rings. The number of hydrogen-bond acceptors (Lipinski definition) is 2. The van der Waals surface area contributed by atoms with Gasteiger partial charge in [0.1, 0.15) is 11.6 Å². The van der Waals surface area contributed by atoms with E-state index in [0.29, 0.717) is 5.69 Å². The molecule has 0 saturated carbocycles. The van der Waals surface area contributed by atoms with Gasteiger partial charge in [-0.05, 0) is 35.7 Å². The highest BCUT2D eigenvalue weighted by Gasteiger charge is 2.19. The molecule has 0 aliphatic heterocycles. The fraction of sp³-hybridized carbons (Fsp3) is 0.188. The predicted octanol–water partition coefficient (Wildman–Crippen LogP) is 3.92. The van der Waals surface area contributed by atoms with Gasteiger partial charge in [0.25, 0.3) is 0 Å². The van der Waals surface area contributed by atoms with E-state index in [1.54, 1.807) is 12.1 Å². The lowest BCUT2D eigenvalue weighted by Crippen LogP contribution is -2.09. The second kappa shape index (κ2) is 5.82. The van der Waals surface area contributed by atoms with Crippen molar-refractivity contribution in [3.05, 3.63) is 65.2 Å². The van der Waals surface area contributed by atoms with E-state index < -0.39 is 23.0 Å². The molecule has 2 aromatic rings. The Bertz CT molecular complexity index is 603. The summed E-state index contributed by atoms with van der Waals surface area (Å²) in [7, 11) is 0. The van der Waals surface area contributed by atoms with E-state index >= 15 is 0 Å². The third kappa shape index (κ3) is 3.02. The van der Waals surface area contributed by atoms with Gasteiger partial charge in [-0.1, -0.05) is 25.1 Å². The van der Waals surface area contributed by atoms with Gasteiger partial charge in [-0.2, -0.15) is 0 Å². The Hall–Kier alpha value is -2.23. The van der Waals surface area contributed by atoms with E-state index in [0.717, 1.165) is 17.7 Å². The molecular weight excluding hydrogens is 260 g/mol. The molecule has 0 amide bonds. The average Bonchev–Trinajstić information content (AvgIpc) is 2.39. The number of ketones is 1. The van der Waals surface area contributed by atoms with Crippen molar-refractivity contribution in [2.75, 3.05) is 5.73 Å². The van der Waals surface area contributed by atoms with Crippen molar-refractivity contribution in [1.82, 2.24) is 0 Å². The summed E-state index contributed by atoms with van der Waals surface area (Å²) in [5, 5.41) is 0. The first-order valence-corrected chi connectivity index (χ1v) is 6.31. The van der Waals surface area contributed by atoms with E-state index in [2.05, 4.69) is 0 Å². The van der Waals surface area contributed by atoms with Crippen LogP contribution in [0.15, 0.2) is 42.5 Å². The third-order valence-corrected chi connectivity index (χ3v) is 3.24. The quantitative estimate of drug-likeness (QED) is 0.678. The molecule has 2 aromatic carbocycles. The number of nitrogen functional groups attached to an aromatic ring is 1. The molecule has 0 saturated heterocycles. The summed E-state index contributed by atoms with van der Waals surface area (Å²) in [4.78, 5) is 12.0. The highest BCUT2D eigenvalue weighted by molar-refractivity contribution is 5.97. The molecule has 104 valence electrons. The smallest absolute Gasteiger partial charge is 0.169 e. The molecule has 2 nitrogen and oxygen atoms in total. The predicted molar refractivity (Wildman–Crippen MR) is 74.6 cm³/mol. The lowest BCUT2D eigenvalue weighted by molar-refractivity contribution is 0.0967. The monoisotopic (exact) mass is 275 g/mol. The molecule has 0 heterocycles. The maximum absolute atomic E-state index is 13.5. The van der Waals surface area contributed by atoms with Crippen LogP contribution in [0.5, 0.6) is 0 Å². The van der Waals surface area contributed by atoms with Crippen molar-refractivity contribution < 1.29 is 13.6 Å². The lowest BCUT2D eigenvalue weighted by atomic mass is 9.93. The van der Waals surface area contributed by atoms with Crippen molar-refractivity contribution in [3.8, 4) is 0 Å². The number of carbonyl (C=O) groups excluding carboxylic acids is 1. The molecule has 0 radical (unpaired) electrons. The molecule has 2 N–H and O–H groups in total. The van der Waals surface area contributed by atoms with Crippen LogP contribution >= 0.6 is 0 Å². The first-order chi connectivity index (χ1) is 9.49. The van der Waals surface area contributed by atoms with E-state index in [9.17, 15) is 13.6 Å². The van der Waals surface area contributed by atoms with E-state index in [-0.39, 0.29) is 12.3 Å². The minimum Gasteiger partial charge on any atom is -0.399 e. The van der Waals surface area contributed by atoms with Gasteiger partial charge in [0, 0.05) is 12.1 Å². The summed E-state index contributed by atoms with van der Waals surface area (Å²) in [6, 6.07) is 10.5. The standard InChI is InChI=1S/C16H15F2NO/c1-10(11-5-7-12(19)8-6-11)9-15(20)16-13(17)3-2-4-14(16)18/h2-8,10H,9,19H2,1H3. The largest absolute Gasteiger partial charge is 0.399 e. The molecule has 0 aliphatic carbocycles. The fourth-order valence-electron chi connectivity index (χ4n) is 2.09. The van der Waals surface area contributed by atoms with Crippen LogP contribution in [0.25, 0.3) is 0 Å². The van der Waals surface area contributed by atoms with Gasteiger partial charge < -0.3 is 5.73 Å². The third-order valence-electron chi connectivity index (χ3n) is 3.24. The molecule has 0 aromatic heterocycles. The first-order valence-electron chi connectivity index (χ1n) is 6.31. The molecule has 1 unspecified atom stereocenters. The van der Waals surface area contributed by atoms with Crippen molar-refractivity contribution in [2.45, 2.75) is 19.3 Å². The summed E-state index contributed by atoms with van der Waals surface area (Å²) in [5.74, 6) is -2.31. The number of carbonyl (C=O) groups is 1. The highest BCUT2D eigenvalue weighted by Crippen LogP contribution is 2.24. The van der Waals surface area contributed by atoms with Gasteiger partial charge in [-0.3, -0.25) is 4.79 Å². The summed E-state index contributed by atoms with van der Waals surface area (Å²) in [5.41, 5.74) is 6.67. The topological polar surface area (TPSA) is 43.1 Å².